The van der Waals surface area contributed by atoms with Crippen molar-refractivity contribution in [2.75, 3.05) is 0 Å². The molecule has 6 N–H and O–H groups in total. The first kappa shape index (κ1) is 38.0. The Morgan fingerprint density at radius 1 is 0.447 bits per heavy atom. The fraction of sp³-hybridized carbons (Fsp3) is 0.914. The monoisotopic (exact) mass is 670 g/mol. The molecule has 3 heterocycles. The van der Waals surface area contributed by atoms with E-state index in [-0.39, 0.29) is 18.9 Å². The first-order valence-corrected chi connectivity index (χ1v) is 17.3. The highest BCUT2D eigenvalue weighted by atomic mass is 16.6. The Morgan fingerprint density at radius 2 is 0.660 bits per heavy atom. The van der Waals surface area contributed by atoms with Crippen LogP contribution in [0.5, 0.6) is 0 Å². The highest BCUT2D eigenvalue weighted by Gasteiger charge is 2.55. The molecule has 0 aromatic rings. The maximum absolute atomic E-state index is 13.9. The standard InChI is InChI=1S/C35H61N3O9/c1-30(2)15-22(16-31(3,4)36(30)42)45-27(39)21-13-25(28(40)46-23-17-32(5,6)37(43)33(7,8)18-23)26(14-21)29(41)47-24-19-34(9,10)38(44)35(11,12)20-24/h21-26,42-44H,13-20H2,1-12H3/p+3. The number of nitrogens with zero attached hydrogens (tertiary/aromatic N) is 3. The highest BCUT2D eigenvalue weighted by Crippen LogP contribution is 2.45. The Balaban J connectivity index is 1.53. The number of hydroxylamine groups is 6. The van der Waals surface area contributed by atoms with Crippen LogP contribution in [0.2, 0.25) is 0 Å². The molecule has 1 saturated carbocycles. The molecule has 0 aromatic carbocycles. The number of hydrogen-bond acceptors (Lipinski definition) is 9. The second-order valence-electron chi connectivity index (χ2n) is 18.7. The van der Waals surface area contributed by atoms with E-state index in [1.54, 1.807) is 15.2 Å². The van der Waals surface area contributed by atoms with Gasteiger partial charge in [0, 0.05) is 38.5 Å². The van der Waals surface area contributed by atoms with Crippen LogP contribution in [-0.2, 0) is 28.6 Å². The van der Waals surface area contributed by atoms with E-state index >= 15 is 0 Å². The number of piperidine rings is 3. The third-order valence-corrected chi connectivity index (χ3v) is 11.3. The van der Waals surface area contributed by atoms with Crippen molar-refractivity contribution in [2.45, 2.75) is 186 Å². The Labute approximate surface area is 280 Å². The SMILES string of the molecule is CC1(C)CC(OC(=O)C2CC(C(=O)OC3CC(C)(C)N([OH2+])C(C)(C)C3)C(C(=O)OC3CC(C)(C)N([OH2+])C(C)(C)C3)C2)CC(C)(C)N1[OH2+]. The summed E-state index contributed by atoms with van der Waals surface area (Å²) in [6.45, 7) is 23.6. The second kappa shape index (κ2) is 12.5. The Morgan fingerprint density at radius 3 is 0.894 bits per heavy atom. The van der Waals surface area contributed by atoms with Crippen molar-refractivity contribution in [1.29, 1.82) is 0 Å². The number of carbonyl (C=O) groups excluding carboxylic acids is 3. The molecule has 270 valence electrons. The summed E-state index contributed by atoms with van der Waals surface area (Å²) in [5.41, 5.74) is -3.06. The summed E-state index contributed by atoms with van der Waals surface area (Å²) in [4.78, 5) is 41.6. The van der Waals surface area contributed by atoms with Gasteiger partial charge >= 0.3 is 17.9 Å². The van der Waals surface area contributed by atoms with Crippen LogP contribution in [0.3, 0.4) is 0 Å². The Bertz CT molecular complexity index is 1090. The zero-order valence-corrected chi connectivity index (χ0v) is 30.9. The molecule has 0 bridgehead atoms. The molecule has 12 heteroatoms. The van der Waals surface area contributed by atoms with E-state index in [2.05, 4.69) is 0 Å². The number of hydrogen-bond donors (Lipinski definition) is 0. The molecule has 2 unspecified atom stereocenters. The largest absolute Gasteiger partial charge is 0.462 e. The van der Waals surface area contributed by atoms with Gasteiger partial charge in [0.25, 0.3) is 0 Å². The van der Waals surface area contributed by atoms with Crippen LogP contribution in [0, 0.1) is 17.8 Å². The molecule has 4 rings (SSSR count). The van der Waals surface area contributed by atoms with E-state index in [9.17, 15) is 14.4 Å². The van der Waals surface area contributed by atoms with Crippen LogP contribution in [0.1, 0.15) is 134 Å². The van der Waals surface area contributed by atoms with Gasteiger partial charge in [-0.05, 0) is 95.9 Å². The van der Waals surface area contributed by atoms with Gasteiger partial charge < -0.3 is 29.8 Å². The van der Waals surface area contributed by atoms with Gasteiger partial charge in [-0.2, -0.15) is 0 Å². The van der Waals surface area contributed by atoms with Gasteiger partial charge in [0.2, 0.25) is 0 Å². The van der Waals surface area contributed by atoms with E-state index in [1.807, 2.05) is 83.1 Å². The van der Waals surface area contributed by atoms with Gasteiger partial charge in [-0.15, -0.1) is 0 Å². The molecule has 3 saturated heterocycles. The van der Waals surface area contributed by atoms with Gasteiger partial charge in [-0.1, -0.05) is 15.2 Å². The van der Waals surface area contributed by atoms with Crippen LogP contribution in [-0.4, -0.2) is 100 Å². The second-order valence-corrected chi connectivity index (χ2v) is 18.7. The van der Waals surface area contributed by atoms with Gasteiger partial charge in [0.05, 0.1) is 51.0 Å². The lowest BCUT2D eigenvalue weighted by Crippen LogP contribution is -2.61. The number of ether oxygens (including phenoxy) is 3. The fourth-order valence-corrected chi connectivity index (χ4v) is 9.33. The van der Waals surface area contributed by atoms with Crippen molar-refractivity contribution in [1.82, 2.24) is 15.2 Å². The van der Waals surface area contributed by atoms with E-state index in [0.29, 0.717) is 38.5 Å². The van der Waals surface area contributed by atoms with Gasteiger partial charge in [0.1, 0.15) is 18.3 Å². The molecule has 3 aliphatic heterocycles. The highest BCUT2D eigenvalue weighted by molar-refractivity contribution is 5.85. The molecule has 47 heavy (non-hydrogen) atoms. The topological polar surface area (TPSA) is 157 Å². The van der Waals surface area contributed by atoms with Crippen molar-refractivity contribution >= 4 is 17.9 Å². The van der Waals surface area contributed by atoms with E-state index in [0.717, 1.165) is 0 Å². The maximum Gasteiger partial charge on any atom is 0.310 e. The zero-order chi connectivity index (χ0) is 35.7. The Kier molecular flexibility index (Phi) is 10.1. The third-order valence-electron chi connectivity index (χ3n) is 11.3. The molecular weight excluding hydrogens is 606 g/mol. The van der Waals surface area contributed by atoms with Gasteiger partial charge in [-0.25, -0.2) is 0 Å². The predicted molar refractivity (Wildman–Crippen MR) is 178 cm³/mol. The lowest BCUT2D eigenvalue weighted by Gasteiger charge is -2.47. The molecular formula is C35H64N3O9+3. The first-order valence-electron chi connectivity index (χ1n) is 17.3. The van der Waals surface area contributed by atoms with E-state index in [1.165, 1.54) is 0 Å². The molecule has 0 aromatic heterocycles. The molecule has 4 fully saturated rings. The molecule has 0 radical (unpaired) electrons. The summed E-state index contributed by atoms with van der Waals surface area (Å²) in [6, 6.07) is 0. The fourth-order valence-electron chi connectivity index (χ4n) is 9.33. The molecule has 1 aliphatic carbocycles. The van der Waals surface area contributed by atoms with Crippen molar-refractivity contribution in [3.63, 3.8) is 0 Å². The Hall–Kier alpha value is -1.83. The summed E-state index contributed by atoms with van der Waals surface area (Å²) >= 11 is 0. The lowest BCUT2D eigenvalue weighted by atomic mass is 9.80. The quantitative estimate of drug-likeness (QED) is 0.235. The average Bonchev–Trinajstić information content (AvgIpc) is 3.34. The summed E-state index contributed by atoms with van der Waals surface area (Å²) in [7, 11) is 0. The van der Waals surface area contributed by atoms with Crippen molar-refractivity contribution < 1.29 is 44.2 Å². The molecule has 4 aliphatic rings. The molecule has 2 atom stereocenters. The zero-order valence-electron chi connectivity index (χ0n) is 30.9. The summed E-state index contributed by atoms with van der Waals surface area (Å²) in [5, 5.41) is 30.5. The normalized spacial score (nSPS) is 32.9. The minimum Gasteiger partial charge on any atom is -0.462 e. The van der Waals surface area contributed by atoms with Crippen LogP contribution in [0.25, 0.3) is 0 Å². The van der Waals surface area contributed by atoms with Gasteiger partial charge in [0.15, 0.2) is 0 Å². The van der Waals surface area contributed by atoms with E-state index < -0.39 is 81.1 Å². The smallest absolute Gasteiger partial charge is 0.310 e. The minimum atomic E-state index is -0.861. The number of esters is 3. The van der Waals surface area contributed by atoms with Crippen LogP contribution in [0.15, 0.2) is 0 Å². The average molecular weight is 671 g/mol. The molecule has 12 nitrogen and oxygen atoms in total. The minimum absolute atomic E-state index is 0.133. The lowest BCUT2D eigenvalue weighted by molar-refractivity contribution is -0.261. The van der Waals surface area contributed by atoms with Gasteiger partial charge in [-0.3, -0.25) is 14.4 Å². The predicted octanol–water partition coefficient (Wildman–Crippen LogP) is 3.24. The summed E-state index contributed by atoms with van der Waals surface area (Å²) in [5.74, 6) is -3.84. The maximum atomic E-state index is 13.9. The first-order chi connectivity index (χ1) is 21.2. The van der Waals surface area contributed by atoms with E-state index in [4.69, 9.17) is 29.8 Å². The number of carbonyl (C=O) groups is 3. The molecule has 0 spiro atoms. The van der Waals surface area contributed by atoms with Crippen LogP contribution in [0.4, 0.5) is 0 Å². The van der Waals surface area contributed by atoms with Crippen molar-refractivity contribution in [2.24, 2.45) is 17.8 Å². The number of rotatable bonds is 6. The molecule has 0 amide bonds. The summed E-state index contributed by atoms with van der Waals surface area (Å²) < 4.78 is 18.3. The van der Waals surface area contributed by atoms with Crippen molar-refractivity contribution in [3.05, 3.63) is 0 Å². The summed E-state index contributed by atoms with van der Waals surface area (Å²) in [6.07, 6.45) is 1.96. The van der Waals surface area contributed by atoms with Crippen molar-refractivity contribution in [3.8, 4) is 0 Å². The third kappa shape index (κ3) is 7.83. The van der Waals surface area contributed by atoms with Crippen LogP contribution >= 0.6 is 0 Å². The van der Waals surface area contributed by atoms with Crippen LogP contribution < -0.4 is 0 Å².